The van der Waals surface area contributed by atoms with Gasteiger partial charge in [0.25, 0.3) is 0 Å². The van der Waals surface area contributed by atoms with E-state index in [1.165, 1.54) is 6.21 Å². The molecule has 0 spiro atoms. The van der Waals surface area contributed by atoms with Gasteiger partial charge >= 0.3 is 6.03 Å². The lowest BCUT2D eigenvalue weighted by Crippen LogP contribution is -2.24. The molecule has 0 bridgehead atoms. The standard InChI is InChI=1S/C13H12N4O2/c18-12-4-2-1-3-10(12)9-15-17-13(19)16-11-5-7-14-8-6-11/h1-9,18H,(H2,14,16,17,19). The molecule has 2 aromatic rings. The van der Waals surface area contributed by atoms with Gasteiger partial charge in [-0.15, -0.1) is 0 Å². The summed E-state index contributed by atoms with van der Waals surface area (Å²) in [7, 11) is 0. The van der Waals surface area contributed by atoms with Gasteiger partial charge in [0.1, 0.15) is 5.75 Å². The quantitative estimate of drug-likeness (QED) is 0.579. The smallest absolute Gasteiger partial charge is 0.339 e. The van der Waals surface area contributed by atoms with Crippen LogP contribution in [0.1, 0.15) is 5.56 Å². The normalized spacial score (nSPS) is 10.3. The average molecular weight is 256 g/mol. The van der Waals surface area contributed by atoms with Gasteiger partial charge in [0.05, 0.1) is 6.21 Å². The fraction of sp³-hybridized carbons (Fsp3) is 0. The maximum atomic E-state index is 11.5. The van der Waals surface area contributed by atoms with Gasteiger partial charge in [-0.3, -0.25) is 4.98 Å². The number of nitrogens with zero attached hydrogens (tertiary/aromatic N) is 2. The minimum absolute atomic E-state index is 0.0996. The second-order valence-corrected chi connectivity index (χ2v) is 3.62. The monoisotopic (exact) mass is 256 g/mol. The number of hydrogen-bond donors (Lipinski definition) is 3. The molecule has 0 radical (unpaired) electrons. The van der Waals surface area contributed by atoms with Crippen LogP contribution in [0, 0.1) is 0 Å². The van der Waals surface area contributed by atoms with Crippen LogP contribution in [0.3, 0.4) is 0 Å². The second kappa shape index (κ2) is 6.15. The van der Waals surface area contributed by atoms with E-state index >= 15 is 0 Å². The predicted molar refractivity (Wildman–Crippen MR) is 72.1 cm³/mol. The van der Waals surface area contributed by atoms with Crippen molar-refractivity contribution in [3.8, 4) is 5.75 Å². The molecule has 19 heavy (non-hydrogen) atoms. The fourth-order valence-corrected chi connectivity index (χ4v) is 1.35. The van der Waals surface area contributed by atoms with E-state index in [2.05, 4.69) is 20.8 Å². The number of urea groups is 1. The minimum atomic E-state index is -0.474. The van der Waals surface area contributed by atoms with Crippen molar-refractivity contribution in [1.82, 2.24) is 10.4 Å². The molecule has 1 aromatic heterocycles. The molecule has 0 saturated heterocycles. The summed E-state index contributed by atoms with van der Waals surface area (Å²) in [5.74, 6) is 0.0996. The number of rotatable bonds is 3. The number of carbonyl (C=O) groups excluding carboxylic acids is 1. The molecule has 0 aliphatic heterocycles. The van der Waals surface area contributed by atoms with Crippen molar-refractivity contribution in [3.63, 3.8) is 0 Å². The highest BCUT2D eigenvalue weighted by Gasteiger charge is 1.99. The van der Waals surface area contributed by atoms with E-state index in [-0.39, 0.29) is 5.75 Å². The van der Waals surface area contributed by atoms with E-state index in [9.17, 15) is 9.90 Å². The van der Waals surface area contributed by atoms with E-state index in [1.807, 2.05) is 0 Å². The molecule has 96 valence electrons. The summed E-state index contributed by atoms with van der Waals surface area (Å²) >= 11 is 0. The highest BCUT2D eigenvalue weighted by atomic mass is 16.3. The molecule has 0 atom stereocenters. The molecule has 1 aromatic carbocycles. The number of anilines is 1. The minimum Gasteiger partial charge on any atom is -0.507 e. The number of pyridine rings is 1. The number of hydrogen-bond acceptors (Lipinski definition) is 4. The lowest BCUT2D eigenvalue weighted by atomic mass is 10.2. The maximum absolute atomic E-state index is 11.5. The fourth-order valence-electron chi connectivity index (χ4n) is 1.35. The van der Waals surface area contributed by atoms with Crippen molar-refractivity contribution in [2.45, 2.75) is 0 Å². The zero-order valence-corrected chi connectivity index (χ0v) is 9.95. The summed E-state index contributed by atoms with van der Waals surface area (Å²) < 4.78 is 0. The van der Waals surface area contributed by atoms with Crippen molar-refractivity contribution in [2.24, 2.45) is 5.10 Å². The summed E-state index contributed by atoms with van der Waals surface area (Å²) in [6.07, 6.45) is 4.50. The number of amides is 2. The van der Waals surface area contributed by atoms with Crippen molar-refractivity contribution < 1.29 is 9.90 Å². The first-order chi connectivity index (χ1) is 9.25. The highest BCUT2D eigenvalue weighted by Crippen LogP contribution is 2.12. The molecule has 2 rings (SSSR count). The Kier molecular flexibility index (Phi) is 4.07. The summed E-state index contributed by atoms with van der Waals surface area (Å²) in [5.41, 5.74) is 3.43. The van der Waals surface area contributed by atoms with Crippen LogP contribution >= 0.6 is 0 Å². The van der Waals surface area contributed by atoms with Gasteiger partial charge in [-0.1, -0.05) is 12.1 Å². The molecule has 0 aliphatic rings. The Hall–Kier alpha value is -2.89. The van der Waals surface area contributed by atoms with Crippen LogP contribution in [-0.4, -0.2) is 22.3 Å². The van der Waals surface area contributed by atoms with Crippen LogP contribution in [0.4, 0.5) is 10.5 Å². The van der Waals surface area contributed by atoms with Gasteiger partial charge in [-0.05, 0) is 24.3 Å². The van der Waals surface area contributed by atoms with E-state index in [0.29, 0.717) is 11.3 Å². The Labute approximate surface area is 109 Å². The number of phenolic OH excluding ortho intramolecular Hbond substituents is 1. The van der Waals surface area contributed by atoms with Crippen molar-refractivity contribution >= 4 is 17.9 Å². The number of phenols is 1. The molecule has 0 fully saturated rings. The second-order valence-electron chi connectivity index (χ2n) is 3.62. The first-order valence-corrected chi connectivity index (χ1v) is 5.54. The van der Waals surface area contributed by atoms with Crippen LogP contribution in [0.25, 0.3) is 0 Å². The third-order valence-electron chi connectivity index (χ3n) is 2.24. The lowest BCUT2D eigenvalue weighted by molar-refractivity contribution is 0.252. The van der Waals surface area contributed by atoms with E-state index in [0.717, 1.165) is 0 Å². The summed E-state index contributed by atoms with van der Waals surface area (Å²) in [5, 5.41) is 15.8. The third-order valence-corrected chi connectivity index (χ3v) is 2.24. The Morgan fingerprint density at radius 1 is 1.21 bits per heavy atom. The van der Waals surface area contributed by atoms with Crippen LogP contribution in [0.15, 0.2) is 53.9 Å². The average Bonchev–Trinajstić information content (AvgIpc) is 2.42. The van der Waals surface area contributed by atoms with E-state index in [1.54, 1.807) is 48.8 Å². The Bertz CT molecular complexity index is 584. The highest BCUT2D eigenvalue weighted by molar-refractivity contribution is 5.90. The maximum Gasteiger partial charge on any atom is 0.339 e. The van der Waals surface area contributed by atoms with Crippen molar-refractivity contribution in [3.05, 3.63) is 54.4 Å². The van der Waals surface area contributed by atoms with Crippen molar-refractivity contribution in [2.75, 3.05) is 5.32 Å². The SMILES string of the molecule is O=C(NN=Cc1ccccc1O)Nc1ccncc1. The van der Waals surface area contributed by atoms with Crippen LogP contribution in [-0.2, 0) is 0 Å². The number of benzene rings is 1. The number of hydrazone groups is 1. The van der Waals surface area contributed by atoms with Gasteiger partial charge in [-0.2, -0.15) is 5.10 Å². The summed E-state index contributed by atoms with van der Waals surface area (Å²) in [4.78, 5) is 15.3. The van der Waals surface area contributed by atoms with E-state index < -0.39 is 6.03 Å². The van der Waals surface area contributed by atoms with Crippen LogP contribution in [0.5, 0.6) is 5.75 Å². The molecule has 6 heteroatoms. The topological polar surface area (TPSA) is 86.6 Å². The first-order valence-electron chi connectivity index (χ1n) is 5.54. The van der Waals surface area contributed by atoms with Gasteiger partial charge in [0, 0.05) is 23.6 Å². The van der Waals surface area contributed by atoms with E-state index in [4.69, 9.17) is 0 Å². The summed E-state index contributed by atoms with van der Waals surface area (Å²) in [6.45, 7) is 0. The predicted octanol–water partition coefficient (Wildman–Crippen LogP) is 1.94. The molecule has 2 amide bonds. The molecule has 1 heterocycles. The third kappa shape index (κ3) is 3.81. The Morgan fingerprint density at radius 3 is 2.68 bits per heavy atom. The molecular weight excluding hydrogens is 244 g/mol. The zero-order valence-electron chi connectivity index (χ0n) is 9.95. The van der Waals surface area contributed by atoms with Crippen LogP contribution in [0.2, 0.25) is 0 Å². The Balaban J connectivity index is 1.89. The number of para-hydroxylation sites is 1. The number of carbonyl (C=O) groups is 1. The van der Waals surface area contributed by atoms with Gasteiger partial charge in [0.2, 0.25) is 0 Å². The largest absolute Gasteiger partial charge is 0.507 e. The van der Waals surface area contributed by atoms with Crippen LogP contribution < -0.4 is 10.7 Å². The zero-order chi connectivity index (χ0) is 13.5. The number of aromatic nitrogens is 1. The van der Waals surface area contributed by atoms with Gasteiger partial charge < -0.3 is 10.4 Å². The number of aromatic hydroxyl groups is 1. The Morgan fingerprint density at radius 2 is 1.95 bits per heavy atom. The van der Waals surface area contributed by atoms with Crippen molar-refractivity contribution in [1.29, 1.82) is 0 Å². The number of nitrogens with one attached hydrogen (secondary N) is 2. The summed E-state index contributed by atoms with van der Waals surface area (Å²) in [6, 6.07) is 9.53. The molecular formula is C13H12N4O2. The molecule has 6 nitrogen and oxygen atoms in total. The van der Waals surface area contributed by atoms with Gasteiger partial charge in [-0.25, -0.2) is 10.2 Å². The molecule has 0 aliphatic carbocycles. The molecule has 0 unspecified atom stereocenters. The molecule has 0 saturated carbocycles. The van der Waals surface area contributed by atoms with Gasteiger partial charge in [0.15, 0.2) is 0 Å². The first kappa shape index (κ1) is 12.6. The molecule has 3 N–H and O–H groups in total. The lowest BCUT2D eigenvalue weighted by Gasteiger charge is -2.03.